The molecule has 2 N–H and O–H groups in total. The van der Waals surface area contributed by atoms with Crippen molar-refractivity contribution in [1.29, 1.82) is 0 Å². The molecule has 0 saturated heterocycles. The SMILES string of the molecule is COc1ccc(C)cc1-c1ccc(/C=C/C(=O)O)c(=O)[nH]1. The van der Waals surface area contributed by atoms with E-state index in [1.807, 2.05) is 25.1 Å². The Balaban J connectivity index is 2.48. The third-order valence-electron chi connectivity index (χ3n) is 2.99. The molecule has 0 unspecified atom stereocenters. The van der Waals surface area contributed by atoms with E-state index in [0.29, 0.717) is 11.4 Å². The second-order valence-electron chi connectivity index (χ2n) is 4.53. The van der Waals surface area contributed by atoms with Gasteiger partial charge in [0.25, 0.3) is 5.56 Å². The Bertz CT molecular complexity index is 759. The number of aryl methyl sites for hydroxylation is 1. The molecule has 0 radical (unpaired) electrons. The van der Waals surface area contributed by atoms with E-state index < -0.39 is 5.97 Å². The van der Waals surface area contributed by atoms with Crippen LogP contribution in [-0.4, -0.2) is 23.2 Å². The Kier molecular flexibility index (Phi) is 4.23. The molecule has 1 aromatic heterocycles. The van der Waals surface area contributed by atoms with Crippen LogP contribution in [0.25, 0.3) is 17.3 Å². The largest absolute Gasteiger partial charge is 0.496 e. The fourth-order valence-electron chi connectivity index (χ4n) is 1.97. The number of rotatable bonds is 4. The first-order valence-electron chi connectivity index (χ1n) is 6.30. The molecule has 0 aliphatic rings. The van der Waals surface area contributed by atoms with Gasteiger partial charge >= 0.3 is 5.97 Å². The predicted octanol–water partition coefficient (Wildman–Crippen LogP) is 2.46. The normalized spacial score (nSPS) is 10.8. The Morgan fingerprint density at radius 1 is 1.29 bits per heavy atom. The highest BCUT2D eigenvalue weighted by Crippen LogP contribution is 2.28. The monoisotopic (exact) mass is 285 g/mol. The van der Waals surface area contributed by atoms with Crippen LogP contribution in [0.15, 0.2) is 41.2 Å². The summed E-state index contributed by atoms with van der Waals surface area (Å²) in [7, 11) is 1.57. The maximum absolute atomic E-state index is 12.0. The van der Waals surface area contributed by atoms with Crippen LogP contribution >= 0.6 is 0 Å². The number of methoxy groups -OCH3 is 1. The maximum Gasteiger partial charge on any atom is 0.328 e. The summed E-state index contributed by atoms with van der Waals surface area (Å²) in [5.41, 5.74) is 2.37. The van der Waals surface area contributed by atoms with E-state index in [2.05, 4.69) is 4.98 Å². The zero-order chi connectivity index (χ0) is 15.4. The first-order chi connectivity index (χ1) is 10.0. The van der Waals surface area contributed by atoms with E-state index >= 15 is 0 Å². The first-order valence-corrected chi connectivity index (χ1v) is 6.30. The van der Waals surface area contributed by atoms with Crippen LogP contribution in [0.2, 0.25) is 0 Å². The van der Waals surface area contributed by atoms with Crippen molar-refractivity contribution in [2.24, 2.45) is 0 Å². The van der Waals surface area contributed by atoms with Gasteiger partial charge in [-0.25, -0.2) is 4.79 Å². The molecule has 0 amide bonds. The second-order valence-corrected chi connectivity index (χ2v) is 4.53. The van der Waals surface area contributed by atoms with Crippen molar-refractivity contribution < 1.29 is 14.6 Å². The number of aliphatic carboxylic acids is 1. The van der Waals surface area contributed by atoms with E-state index in [1.165, 1.54) is 6.08 Å². The Morgan fingerprint density at radius 3 is 2.67 bits per heavy atom. The highest BCUT2D eigenvalue weighted by Gasteiger charge is 2.08. The van der Waals surface area contributed by atoms with Gasteiger partial charge in [0.05, 0.1) is 12.8 Å². The molecule has 0 atom stereocenters. The molecule has 0 aliphatic heterocycles. The lowest BCUT2D eigenvalue weighted by Crippen LogP contribution is -2.10. The average Bonchev–Trinajstić information content (AvgIpc) is 2.45. The number of carbonyl (C=O) groups is 1. The second kappa shape index (κ2) is 6.09. The zero-order valence-electron chi connectivity index (χ0n) is 11.7. The van der Waals surface area contributed by atoms with Crippen LogP contribution < -0.4 is 10.3 Å². The van der Waals surface area contributed by atoms with Gasteiger partial charge in [-0.3, -0.25) is 4.79 Å². The molecule has 2 aromatic rings. The molecule has 5 heteroatoms. The van der Waals surface area contributed by atoms with Gasteiger partial charge in [-0.15, -0.1) is 0 Å². The minimum absolute atomic E-state index is 0.285. The van der Waals surface area contributed by atoms with Crippen LogP contribution in [0.3, 0.4) is 0 Å². The molecule has 0 bridgehead atoms. The average molecular weight is 285 g/mol. The number of carboxylic acids is 1. The number of carboxylic acid groups (broad SMARTS) is 1. The highest BCUT2D eigenvalue weighted by molar-refractivity contribution is 5.85. The molecule has 5 nitrogen and oxygen atoms in total. The molecule has 1 aromatic carbocycles. The number of pyridine rings is 1. The topological polar surface area (TPSA) is 79.4 Å². The first kappa shape index (κ1) is 14.6. The molecule has 0 spiro atoms. The Hall–Kier alpha value is -2.82. The molecule has 0 fully saturated rings. The summed E-state index contributed by atoms with van der Waals surface area (Å²) in [6.45, 7) is 1.95. The molecule has 0 aliphatic carbocycles. The van der Waals surface area contributed by atoms with Gasteiger partial charge in [-0.1, -0.05) is 11.6 Å². The number of nitrogens with one attached hydrogen (secondary N) is 1. The molecule has 1 heterocycles. The predicted molar refractivity (Wildman–Crippen MR) is 80.5 cm³/mol. The van der Waals surface area contributed by atoms with E-state index in [4.69, 9.17) is 9.84 Å². The van der Waals surface area contributed by atoms with Crippen LogP contribution in [0, 0.1) is 6.92 Å². The number of hydrogen-bond donors (Lipinski definition) is 2. The van der Waals surface area contributed by atoms with Gasteiger partial charge in [-0.2, -0.15) is 0 Å². The third kappa shape index (κ3) is 3.39. The van der Waals surface area contributed by atoms with E-state index in [9.17, 15) is 9.59 Å². The molecular weight excluding hydrogens is 270 g/mol. The molecular formula is C16H15NO4. The van der Waals surface area contributed by atoms with Crippen molar-refractivity contribution in [1.82, 2.24) is 4.98 Å². The van der Waals surface area contributed by atoms with Crippen LogP contribution in [-0.2, 0) is 4.79 Å². The highest BCUT2D eigenvalue weighted by atomic mass is 16.5. The quantitative estimate of drug-likeness (QED) is 0.846. The minimum atomic E-state index is -1.10. The summed E-state index contributed by atoms with van der Waals surface area (Å²) in [5, 5.41) is 8.58. The number of benzene rings is 1. The summed E-state index contributed by atoms with van der Waals surface area (Å²) < 4.78 is 5.29. The Morgan fingerprint density at radius 2 is 2.05 bits per heavy atom. The minimum Gasteiger partial charge on any atom is -0.496 e. The third-order valence-corrected chi connectivity index (χ3v) is 2.99. The summed E-state index contributed by atoms with van der Waals surface area (Å²) in [4.78, 5) is 25.2. The number of H-pyrrole nitrogens is 1. The number of aromatic amines is 1. The molecule has 0 saturated carbocycles. The van der Waals surface area contributed by atoms with Crippen LogP contribution in [0.5, 0.6) is 5.75 Å². The van der Waals surface area contributed by atoms with Crippen molar-refractivity contribution in [2.75, 3.05) is 7.11 Å². The lowest BCUT2D eigenvalue weighted by molar-refractivity contribution is -0.131. The zero-order valence-corrected chi connectivity index (χ0v) is 11.7. The summed E-state index contributed by atoms with van der Waals surface area (Å²) in [6.07, 6.45) is 2.19. The van der Waals surface area contributed by atoms with Crippen LogP contribution in [0.4, 0.5) is 0 Å². The van der Waals surface area contributed by atoms with E-state index in [0.717, 1.165) is 17.2 Å². The standard InChI is InChI=1S/C16H15NO4/c1-10-3-7-14(21-2)12(9-10)13-6-4-11(16(20)17-13)5-8-15(18)19/h3-9H,1-2H3,(H,17,20)(H,18,19)/b8-5+. The summed E-state index contributed by atoms with van der Waals surface area (Å²) >= 11 is 0. The molecule has 2 rings (SSSR count). The van der Waals surface area contributed by atoms with Crippen molar-refractivity contribution >= 4 is 12.0 Å². The fourth-order valence-corrected chi connectivity index (χ4v) is 1.97. The van der Waals surface area contributed by atoms with Crippen molar-refractivity contribution in [3.05, 3.63) is 57.9 Å². The van der Waals surface area contributed by atoms with E-state index in [-0.39, 0.29) is 11.1 Å². The van der Waals surface area contributed by atoms with Gasteiger partial charge in [0.2, 0.25) is 0 Å². The lowest BCUT2D eigenvalue weighted by Gasteiger charge is -2.09. The molecule has 21 heavy (non-hydrogen) atoms. The van der Waals surface area contributed by atoms with Gasteiger partial charge in [0, 0.05) is 17.2 Å². The van der Waals surface area contributed by atoms with Gasteiger partial charge < -0.3 is 14.8 Å². The fraction of sp³-hybridized carbons (Fsp3) is 0.125. The van der Waals surface area contributed by atoms with Crippen molar-refractivity contribution in [2.45, 2.75) is 6.92 Å². The van der Waals surface area contributed by atoms with Crippen molar-refractivity contribution in [3.63, 3.8) is 0 Å². The summed E-state index contributed by atoms with van der Waals surface area (Å²) in [5.74, 6) is -0.441. The van der Waals surface area contributed by atoms with Crippen molar-refractivity contribution in [3.8, 4) is 17.0 Å². The van der Waals surface area contributed by atoms with Gasteiger partial charge in [0.15, 0.2) is 0 Å². The number of aromatic nitrogens is 1. The Labute approximate surface area is 121 Å². The lowest BCUT2D eigenvalue weighted by atomic mass is 10.1. The van der Waals surface area contributed by atoms with Crippen LogP contribution in [0.1, 0.15) is 11.1 Å². The number of hydrogen-bond acceptors (Lipinski definition) is 3. The van der Waals surface area contributed by atoms with E-state index in [1.54, 1.807) is 19.2 Å². The summed E-state index contributed by atoms with van der Waals surface area (Å²) in [6, 6.07) is 8.97. The number of ether oxygens (including phenoxy) is 1. The molecule has 108 valence electrons. The maximum atomic E-state index is 12.0. The van der Waals surface area contributed by atoms with Gasteiger partial charge in [0.1, 0.15) is 5.75 Å². The van der Waals surface area contributed by atoms with Gasteiger partial charge in [-0.05, 0) is 37.3 Å². The smallest absolute Gasteiger partial charge is 0.328 e.